The molecule has 3 unspecified atom stereocenters. The quantitative estimate of drug-likeness (QED) is 0.00585. The molecule has 1 heterocycles. The number of anilines is 1. The lowest BCUT2D eigenvalue weighted by molar-refractivity contribution is -0.309. The predicted molar refractivity (Wildman–Crippen MR) is 218 cm³/mol. The molecule has 2 aliphatic rings. The van der Waals surface area contributed by atoms with Gasteiger partial charge in [-0.05, 0) is 56.2 Å². The zero-order chi connectivity index (χ0) is 46.9. The maximum atomic E-state index is 14.0. The Balaban J connectivity index is 0.000000715. The topological polar surface area (TPSA) is 272 Å². The van der Waals surface area contributed by atoms with Crippen LogP contribution in [-0.4, -0.2) is 151 Å². The van der Waals surface area contributed by atoms with Crippen molar-refractivity contribution in [3.63, 3.8) is 0 Å². The van der Waals surface area contributed by atoms with Crippen LogP contribution in [0, 0.1) is 29.1 Å². The number of aliphatic hydroxyl groups is 2. The van der Waals surface area contributed by atoms with Crippen molar-refractivity contribution in [2.24, 2.45) is 15.9 Å². The molecule has 0 bridgehead atoms. The monoisotopic (exact) mass is 924 g/mol. The molecule has 1 saturated carbocycles. The van der Waals surface area contributed by atoms with E-state index in [-0.39, 0.29) is 68.0 Å². The number of carbonyl (C=O) groups is 1. The standard InChI is InChI=1S/C33H42F5N5O8.C7H15NO5/c34-27-28(35)30(37)32(31(38)29(27)36)51-26(21-4-5-21)8-11-47-13-15-49-17-18-50-16-14-48-12-10-40-20-23(43-39)3-1-2-9-41-33(46)42-22-6-7-24(44)25(45)19-22;9-6-3-5(1-2-8(11)12)13-4-7(6)10/h6-7,19-20,44-45H,1-5,8-18,39H2,(H2,41,42,46);5-7,9-12H,1-4H2/b40-20?,43-23-;. The van der Waals surface area contributed by atoms with Gasteiger partial charge in [0.15, 0.2) is 11.5 Å². The van der Waals surface area contributed by atoms with Crippen molar-refractivity contribution < 1.29 is 86.0 Å². The van der Waals surface area contributed by atoms with E-state index in [4.69, 9.17) is 49.8 Å². The number of hydrazone groups is 1. The maximum absolute atomic E-state index is 14.0. The van der Waals surface area contributed by atoms with Gasteiger partial charge in [-0.2, -0.15) is 13.9 Å². The second-order valence-corrected chi connectivity index (χ2v) is 14.1. The number of hydrogen-bond acceptors (Lipinski definition) is 17. The van der Waals surface area contributed by atoms with Crippen molar-refractivity contribution in [1.82, 2.24) is 10.5 Å². The van der Waals surface area contributed by atoms with E-state index in [0.717, 1.165) is 5.57 Å². The molecule has 1 aliphatic carbocycles. The first-order valence-electron chi connectivity index (χ1n) is 20.4. The molecule has 0 aromatic heterocycles. The number of unbranched alkanes of at least 4 members (excludes halogenated alkanes) is 1. The zero-order valence-electron chi connectivity index (χ0n) is 35.0. The number of allylic oxidation sites excluding steroid dienone is 1. The summed E-state index contributed by atoms with van der Waals surface area (Å²) >= 11 is 0. The van der Waals surface area contributed by atoms with Crippen LogP contribution in [0.2, 0.25) is 0 Å². The number of hydroxylamine groups is 2. The highest BCUT2D eigenvalue weighted by molar-refractivity contribution is 6.30. The Bertz CT molecular complexity index is 1800. The van der Waals surface area contributed by atoms with Crippen LogP contribution in [-0.2, 0) is 23.7 Å². The number of nitrogens with two attached hydrogens (primary N) is 1. The van der Waals surface area contributed by atoms with Crippen LogP contribution in [0.3, 0.4) is 0 Å². The van der Waals surface area contributed by atoms with E-state index < -0.39 is 53.1 Å². The van der Waals surface area contributed by atoms with Crippen LogP contribution in [0.1, 0.15) is 51.4 Å². The largest absolute Gasteiger partial charge is 0.504 e. The van der Waals surface area contributed by atoms with Crippen molar-refractivity contribution in [2.45, 2.75) is 69.7 Å². The van der Waals surface area contributed by atoms with E-state index >= 15 is 0 Å². The molecule has 2 amide bonds. The number of phenolic OH excluding ortho intramolecular Hbond substituents is 2. The lowest BCUT2D eigenvalue weighted by Gasteiger charge is -2.30. The lowest BCUT2D eigenvalue weighted by atomic mass is 10.0. The van der Waals surface area contributed by atoms with E-state index in [1.165, 1.54) is 18.2 Å². The summed E-state index contributed by atoms with van der Waals surface area (Å²) in [5.74, 6) is -6.82. The van der Waals surface area contributed by atoms with E-state index in [9.17, 15) is 42.1 Å². The van der Waals surface area contributed by atoms with Gasteiger partial charge in [-0.3, -0.25) is 15.4 Å². The van der Waals surface area contributed by atoms with Crippen molar-refractivity contribution in [3.05, 3.63) is 58.6 Å². The molecule has 1 saturated heterocycles. The van der Waals surface area contributed by atoms with E-state index in [1.807, 2.05) is 0 Å². The molecule has 10 N–H and O–H groups in total. The van der Waals surface area contributed by atoms with Crippen LogP contribution >= 0.6 is 0 Å². The number of nitrogens with zero attached hydrogens (tertiary/aromatic N) is 3. The van der Waals surface area contributed by atoms with Crippen molar-refractivity contribution in [3.8, 4) is 17.2 Å². The summed E-state index contributed by atoms with van der Waals surface area (Å²) in [5.41, 5.74) is 1.67. The smallest absolute Gasteiger partial charge is 0.319 e. The van der Waals surface area contributed by atoms with Gasteiger partial charge in [0, 0.05) is 37.4 Å². The summed E-state index contributed by atoms with van der Waals surface area (Å²) in [7, 11) is 0. The van der Waals surface area contributed by atoms with Gasteiger partial charge < -0.3 is 65.3 Å². The molecule has 2 aromatic rings. The third kappa shape index (κ3) is 20.4. The second-order valence-electron chi connectivity index (χ2n) is 14.1. The van der Waals surface area contributed by atoms with Gasteiger partial charge in [0.25, 0.3) is 0 Å². The number of ether oxygens (including phenoxy) is 6. The Hall–Kier alpha value is -4.76. The zero-order valence-corrected chi connectivity index (χ0v) is 35.0. The number of hydrogen-bond donors (Lipinski definition) is 9. The number of nitrogens with one attached hydrogen (secondary N) is 2. The Morgan fingerprint density at radius 3 is 2.02 bits per heavy atom. The minimum absolute atomic E-state index is 0.0630. The predicted octanol–water partition coefficient (Wildman–Crippen LogP) is 4.02. The third-order valence-electron chi connectivity index (χ3n) is 9.13. The second kappa shape index (κ2) is 29.6. The van der Waals surface area contributed by atoms with Crippen molar-refractivity contribution >= 4 is 23.6 Å². The van der Waals surface area contributed by atoms with Gasteiger partial charge in [0.2, 0.25) is 34.8 Å². The average molecular weight is 925 g/mol. The minimum Gasteiger partial charge on any atom is -0.504 e. The summed E-state index contributed by atoms with van der Waals surface area (Å²) in [6.45, 7) is 3.23. The summed E-state index contributed by atoms with van der Waals surface area (Å²) in [6.07, 6.45) is 3.74. The Kier molecular flexibility index (Phi) is 24.8. The molecule has 4 rings (SSSR count). The summed E-state index contributed by atoms with van der Waals surface area (Å²) in [6, 6.07) is 3.53. The van der Waals surface area contributed by atoms with Gasteiger partial charge in [-0.1, -0.05) is 5.23 Å². The first-order valence-corrected chi connectivity index (χ1v) is 20.4. The summed E-state index contributed by atoms with van der Waals surface area (Å²) in [5, 5.41) is 63.0. The van der Waals surface area contributed by atoms with Crippen LogP contribution < -0.4 is 21.2 Å². The molecule has 360 valence electrons. The van der Waals surface area contributed by atoms with Crippen molar-refractivity contribution in [1.29, 1.82) is 0 Å². The number of halogens is 5. The molecule has 0 radical (unpaired) electrons. The molecular formula is C40H57F5N6O13. The fourth-order valence-electron chi connectivity index (χ4n) is 5.53. The minimum atomic E-state index is -2.24. The number of aliphatic hydroxyl groups excluding tert-OH is 2. The molecule has 19 nitrogen and oxygen atoms in total. The highest BCUT2D eigenvalue weighted by Gasteiger charge is 2.30. The Morgan fingerprint density at radius 2 is 1.44 bits per heavy atom. The first kappa shape index (κ1) is 53.6. The Labute approximate surface area is 365 Å². The van der Waals surface area contributed by atoms with Crippen LogP contribution in [0.15, 0.2) is 39.6 Å². The average Bonchev–Trinajstić information content (AvgIpc) is 4.12. The molecule has 64 heavy (non-hydrogen) atoms. The number of rotatable bonds is 27. The van der Waals surface area contributed by atoms with E-state index in [0.29, 0.717) is 102 Å². The number of phenols is 2. The fraction of sp³-hybridized carbons (Fsp3) is 0.575. The van der Waals surface area contributed by atoms with Gasteiger partial charge in [-0.15, -0.1) is 0 Å². The number of benzene rings is 2. The normalized spacial score (nSPS) is 17.4. The van der Waals surface area contributed by atoms with Crippen LogP contribution in [0.4, 0.5) is 32.4 Å². The molecular weight excluding hydrogens is 867 g/mol. The lowest BCUT2D eigenvalue weighted by Crippen LogP contribution is -2.42. The number of aromatic hydroxyl groups is 2. The summed E-state index contributed by atoms with van der Waals surface area (Å²) < 4.78 is 100. The molecule has 0 spiro atoms. The number of amides is 2. The number of carbonyl (C=O) groups excluding carboxylic acids is 1. The van der Waals surface area contributed by atoms with Crippen molar-refractivity contribution in [2.75, 3.05) is 84.4 Å². The maximum Gasteiger partial charge on any atom is 0.319 e. The van der Waals surface area contributed by atoms with Gasteiger partial charge in [0.1, 0.15) is 11.9 Å². The van der Waals surface area contributed by atoms with E-state index in [2.05, 4.69) is 20.7 Å². The molecule has 1 aliphatic heterocycles. The SMILES string of the molecule is N/N=C(\C=NCCOCCOCCOCCOCCC(Oc1c(F)c(F)c(F)c(F)c1F)=C1CC1)CCCCNC(=O)Nc1ccc(O)c(O)c1.OC1COC(CCN(O)O)CC1O. The molecule has 3 atom stereocenters. The van der Waals surface area contributed by atoms with Gasteiger partial charge in [-0.25, -0.2) is 18.0 Å². The van der Waals surface area contributed by atoms with E-state index in [1.54, 1.807) is 6.21 Å². The van der Waals surface area contributed by atoms with Crippen LogP contribution in [0.5, 0.6) is 17.2 Å². The number of urea groups is 1. The number of aliphatic imine (C=N–C) groups is 1. The van der Waals surface area contributed by atoms with Gasteiger partial charge in [0.05, 0.1) is 90.5 Å². The Morgan fingerprint density at radius 1 is 0.828 bits per heavy atom. The summed E-state index contributed by atoms with van der Waals surface area (Å²) in [4.78, 5) is 16.2. The highest BCUT2D eigenvalue weighted by Crippen LogP contribution is 2.37. The first-order chi connectivity index (χ1) is 30.7. The molecule has 2 fully saturated rings. The highest BCUT2D eigenvalue weighted by atomic mass is 19.2. The third-order valence-corrected chi connectivity index (χ3v) is 9.13. The molecule has 24 heteroatoms. The van der Waals surface area contributed by atoms with Gasteiger partial charge >= 0.3 is 6.03 Å². The fourth-order valence-corrected chi connectivity index (χ4v) is 5.53. The van der Waals surface area contributed by atoms with Crippen LogP contribution in [0.25, 0.3) is 0 Å². The molecule has 2 aromatic carbocycles.